The maximum atomic E-state index is 5.56. The molecule has 0 aliphatic carbocycles. The minimum Gasteiger partial charge on any atom is -0.384 e. The second-order valence-corrected chi connectivity index (χ2v) is 4.61. The average Bonchev–Trinajstić information content (AvgIpc) is 2.40. The number of rotatable bonds is 4. The largest absolute Gasteiger partial charge is 0.384 e. The predicted octanol–water partition coefficient (Wildman–Crippen LogP) is 1.40. The monoisotopic (exact) mass is 235 g/mol. The highest BCUT2D eigenvalue weighted by Gasteiger charge is 2.19. The van der Waals surface area contributed by atoms with E-state index in [-0.39, 0.29) is 0 Å². The molecule has 0 aromatic carbocycles. The van der Waals surface area contributed by atoms with Gasteiger partial charge in [0.1, 0.15) is 5.82 Å². The summed E-state index contributed by atoms with van der Waals surface area (Å²) >= 11 is 0. The van der Waals surface area contributed by atoms with Crippen LogP contribution in [-0.2, 0) is 11.3 Å². The van der Waals surface area contributed by atoms with Crippen molar-refractivity contribution in [2.45, 2.75) is 19.4 Å². The van der Waals surface area contributed by atoms with E-state index in [0.29, 0.717) is 12.5 Å². The lowest BCUT2D eigenvalue weighted by molar-refractivity contribution is 0.139. The van der Waals surface area contributed by atoms with Crippen LogP contribution in [0.3, 0.4) is 0 Å². The van der Waals surface area contributed by atoms with Crippen LogP contribution in [-0.4, -0.2) is 31.8 Å². The third-order valence-electron chi connectivity index (χ3n) is 3.39. The van der Waals surface area contributed by atoms with Gasteiger partial charge in [0.15, 0.2) is 0 Å². The van der Waals surface area contributed by atoms with Gasteiger partial charge >= 0.3 is 0 Å². The SMILES string of the molecule is COCC1CCN(c2ccc(CN)cn2)CC1. The fourth-order valence-electron chi connectivity index (χ4n) is 2.29. The lowest BCUT2D eigenvalue weighted by Crippen LogP contribution is -2.35. The Morgan fingerprint density at radius 3 is 2.71 bits per heavy atom. The van der Waals surface area contributed by atoms with E-state index in [1.165, 1.54) is 12.8 Å². The van der Waals surface area contributed by atoms with Crippen molar-refractivity contribution in [3.8, 4) is 0 Å². The summed E-state index contributed by atoms with van der Waals surface area (Å²) in [7, 11) is 1.78. The van der Waals surface area contributed by atoms with Crippen LogP contribution in [0.25, 0.3) is 0 Å². The van der Waals surface area contributed by atoms with Crippen molar-refractivity contribution in [2.75, 3.05) is 31.7 Å². The van der Waals surface area contributed by atoms with Crippen LogP contribution >= 0.6 is 0 Å². The van der Waals surface area contributed by atoms with Crippen molar-refractivity contribution in [3.63, 3.8) is 0 Å². The number of anilines is 1. The zero-order valence-electron chi connectivity index (χ0n) is 10.4. The fourth-order valence-corrected chi connectivity index (χ4v) is 2.29. The van der Waals surface area contributed by atoms with Crippen molar-refractivity contribution in [1.29, 1.82) is 0 Å². The number of piperidine rings is 1. The maximum absolute atomic E-state index is 5.56. The topological polar surface area (TPSA) is 51.4 Å². The van der Waals surface area contributed by atoms with Crippen molar-refractivity contribution >= 4 is 5.82 Å². The smallest absolute Gasteiger partial charge is 0.128 e. The molecule has 2 N–H and O–H groups in total. The van der Waals surface area contributed by atoms with Gasteiger partial charge in [-0.2, -0.15) is 0 Å². The summed E-state index contributed by atoms with van der Waals surface area (Å²) < 4.78 is 5.20. The molecule has 1 aliphatic heterocycles. The Bertz CT molecular complexity index is 331. The summed E-state index contributed by atoms with van der Waals surface area (Å²) in [6.45, 7) is 3.59. The van der Waals surface area contributed by atoms with Crippen LogP contribution in [0.2, 0.25) is 0 Å². The number of hydrogen-bond acceptors (Lipinski definition) is 4. The second-order valence-electron chi connectivity index (χ2n) is 4.61. The first-order valence-electron chi connectivity index (χ1n) is 6.22. The highest BCUT2D eigenvalue weighted by Crippen LogP contribution is 2.21. The number of hydrogen-bond donors (Lipinski definition) is 1. The number of pyridine rings is 1. The highest BCUT2D eigenvalue weighted by molar-refractivity contribution is 5.39. The van der Waals surface area contributed by atoms with Crippen molar-refractivity contribution in [2.24, 2.45) is 11.7 Å². The van der Waals surface area contributed by atoms with E-state index in [1.807, 2.05) is 6.20 Å². The summed E-state index contributed by atoms with van der Waals surface area (Å²) in [6.07, 6.45) is 4.25. The Morgan fingerprint density at radius 1 is 1.41 bits per heavy atom. The molecule has 2 heterocycles. The van der Waals surface area contributed by atoms with E-state index in [4.69, 9.17) is 10.5 Å². The Balaban J connectivity index is 1.91. The molecule has 1 aromatic heterocycles. The van der Waals surface area contributed by atoms with Gasteiger partial charge in [0.25, 0.3) is 0 Å². The average molecular weight is 235 g/mol. The summed E-state index contributed by atoms with van der Waals surface area (Å²) in [5.74, 6) is 1.78. The summed E-state index contributed by atoms with van der Waals surface area (Å²) in [5.41, 5.74) is 6.65. The Hall–Kier alpha value is -1.13. The van der Waals surface area contributed by atoms with E-state index in [0.717, 1.165) is 31.1 Å². The molecule has 1 fully saturated rings. The Kier molecular flexibility index (Phi) is 4.34. The van der Waals surface area contributed by atoms with Crippen LogP contribution in [0.5, 0.6) is 0 Å². The quantitative estimate of drug-likeness (QED) is 0.857. The summed E-state index contributed by atoms with van der Waals surface area (Å²) in [4.78, 5) is 6.80. The van der Waals surface area contributed by atoms with Gasteiger partial charge < -0.3 is 15.4 Å². The van der Waals surface area contributed by atoms with Gasteiger partial charge in [-0.15, -0.1) is 0 Å². The molecule has 17 heavy (non-hydrogen) atoms. The molecular formula is C13H21N3O. The van der Waals surface area contributed by atoms with Crippen molar-refractivity contribution in [3.05, 3.63) is 23.9 Å². The molecule has 0 bridgehead atoms. The zero-order chi connectivity index (χ0) is 12.1. The first kappa shape index (κ1) is 12.3. The number of aromatic nitrogens is 1. The fraction of sp³-hybridized carbons (Fsp3) is 0.615. The number of methoxy groups -OCH3 is 1. The van der Waals surface area contributed by atoms with E-state index >= 15 is 0 Å². The molecule has 1 aliphatic rings. The number of nitrogens with two attached hydrogens (primary N) is 1. The molecule has 0 atom stereocenters. The Morgan fingerprint density at radius 2 is 2.18 bits per heavy atom. The maximum Gasteiger partial charge on any atom is 0.128 e. The summed E-state index contributed by atoms with van der Waals surface area (Å²) in [5, 5.41) is 0. The van der Waals surface area contributed by atoms with Crippen LogP contribution in [0.4, 0.5) is 5.82 Å². The zero-order valence-corrected chi connectivity index (χ0v) is 10.4. The van der Waals surface area contributed by atoms with Gasteiger partial charge in [-0.05, 0) is 30.4 Å². The molecule has 0 unspecified atom stereocenters. The lowest BCUT2D eigenvalue weighted by Gasteiger charge is -2.32. The number of nitrogens with zero attached hydrogens (tertiary/aromatic N) is 2. The molecule has 1 saturated heterocycles. The third kappa shape index (κ3) is 3.17. The van der Waals surface area contributed by atoms with E-state index in [2.05, 4.69) is 22.0 Å². The van der Waals surface area contributed by atoms with Gasteiger partial charge in [0, 0.05) is 39.5 Å². The van der Waals surface area contributed by atoms with Gasteiger partial charge in [-0.3, -0.25) is 0 Å². The van der Waals surface area contributed by atoms with Gasteiger partial charge in [0.05, 0.1) is 0 Å². The molecule has 4 heteroatoms. The first-order valence-corrected chi connectivity index (χ1v) is 6.22. The molecule has 0 radical (unpaired) electrons. The molecule has 4 nitrogen and oxygen atoms in total. The summed E-state index contributed by atoms with van der Waals surface area (Å²) in [6, 6.07) is 4.13. The van der Waals surface area contributed by atoms with Crippen molar-refractivity contribution < 1.29 is 4.74 Å². The van der Waals surface area contributed by atoms with Crippen LogP contribution in [0.1, 0.15) is 18.4 Å². The van der Waals surface area contributed by atoms with Gasteiger partial charge in [0.2, 0.25) is 0 Å². The van der Waals surface area contributed by atoms with Crippen LogP contribution < -0.4 is 10.6 Å². The third-order valence-corrected chi connectivity index (χ3v) is 3.39. The molecular weight excluding hydrogens is 214 g/mol. The van der Waals surface area contributed by atoms with Gasteiger partial charge in [-0.25, -0.2) is 4.98 Å². The second kappa shape index (κ2) is 5.98. The van der Waals surface area contributed by atoms with Crippen molar-refractivity contribution in [1.82, 2.24) is 4.98 Å². The molecule has 0 amide bonds. The van der Waals surface area contributed by atoms with E-state index < -0.39 is 0 Å². The molecule has 0 saturated carbocycles. The number of ether oxygens (including phenoxy) is 1. The van der Waals surface area contributed by atoms with Gasteiger partial charge in [-0.1, -0.05) is 6.07 Å². The molecule has 94 valence electrons. The minimum atomic E-state index is 0.559. The molecule has 1 aromatic rings. The highest BCUT2D eigenvalue weighted by atomic mass is 16.5. The minimum absolute atomic E-state index is 0.559. The Labute approximate surface area is 103 Å². The van der Waals surface area contributed by atoms with Crippen LogP contribution in [0, 0.1) is 5.92 Å². The predicted molar refractivity (Wildman–Crippen MR) is 68.9 cm³/mol. The standard InChI is InChI=1S/C13H21N3O/c1-17-10-11-4-6-16(7-5-11)13-3-2-12(8-14)9-15-13/h2-3,9,11H,4-8,10,14H2,1H3. The molecule has 2 rings (SSSR count). The normalized spacial score (nSPS) is 17.4. The van der Waals surface area contributed by atoms with E-state index in [9.17, 15) is 0 Å². The molecule has 0 spiro atoms. The lowest BCUT2D eigenvalue weighted by atomic mass is 9.98. The first-order chi connectivity index (χ1) is 8.33. The van der Waals surface area contributed by atoms with Crippen LogP contribution in [0.15, 0.2) is 18.3 Å². The van der Waals surface area contributed by atoms with E-state index in [1.54, 1.807) is 7.11 Å².